The van der Waals surface area contributed by atoms with Crippen LogP contribution < -0.4 is 15.4 Å². The van der Waals surface area contributed by atoms with Gasteiger partial charge in [0.2, 0.25) is 0 Å². The number of aryl methyl sites for hydroxylation is 1. The molecule has 0 spiro atoms. The lowest BCUT2D eigenvalue weighted by Crippen LogP contribution is -2.65. The maximum absolute atomic E-state index is 12.5. The van der Waals surface area contributed by atoms with Crippen LogP contribution in [0.15, 0.2) is 29.3 Å². The van der Waals surface area contributed by atoms with Gasteiger partial charge in [-0.2, -0.15) is 0 Å². The Kier molecular flexibility index (Phi) is 6.58. The fourth-order valence-electron chi connectivity index (χ4n) is 3.47. The first-order chi connectivity index (χ1) is 13.9. The summed E-state index contributed by atoms with van der Waals surface area (Å²) < 4.78 is 5.74. The highest BCUT2D eigenvalue weighted by Gasteiger charge is 2.50. The number of aliphatic imine (C=N–C) groups is 1. The third kappa shape index (κ3) is 4.61. The van der Waals surface area contributed by atoms with E-state index in [2.05, 4.69) is 22.5 Å². The fraction of sp³-hybridized carbons (Fsp3) is 0.550. The molecule has 3 amide bonds. The summed E-state index contributed by atoms with van der Waals surface area (Å²) in [7, 11) is 1.62. The molecule has 0 radical (unpaired) electrons. The number of β-amino-alcohol motifs (C(OH)–C–C–N with tert-alkyl or cyclic N) is 1. The van der Waals surface area contributed by atoms with Crippen molar-refractivity contribution >= 4 is 17.9 Å². The van der Waals surface area contributed by atoms with Crippen molar-refractivity contribution in [3.8, 4) is 5.75 Å². The molecule has 9 nitrogen and oxygen atoms in total. The van der Waals surface area contributed by atoms with Gasteiger partial charge in [-0.15, -0.1) is 0 Å². The second kappa shape index (κ2) is 9.13. The molecule has 9 heteroatoms. The van der Waals surface area contributed by atoms with Gasteiger partial charge in [0, 0.05) is 13.6 Å². The maximum atomic E-state index is 12.5. The van der Waals surface area contributed by atoms with Crippen LogP contribution >= 0.6 is 0 Å². The Balaban J connectivity index is 1.70. The predicted molar refractivity (Wildman–Crippen MR) is 109 cm³/mol. The number of guanidine groups is 1. The second-order valence-electron chi connectivity index (χ2n) is 7.26. The monoisotopic (exact) mass is 403 g/mol. The van der Waals surface area contributed by atoms with Crippen LogP contribution in [0.2, 0.25) is 0 Å². The molecule has 3 N–H and O–H groups in total. The summed E-state index contributed by atoms with van der Waals surface area (Å²) in [5.41, 5.74) is 1.16. The molecule has 2 aliphatic rings. The van der Waals surface area contributed by atoms with Crippen molar-refractivity contribution < 1.29 is 19.4 Å². The largest absolute Gasteiger partial charge is 0.491 e. The van der Waals surface area contributed by atoms with Crippen LogP contribution in [0, 0.1) is 0 Å². The van der Waals surface area contributed by atoms with Gasteiger partial charge >= 0.3 is 6.03 Å². The molecule has 2 saturated heterocycles. The van der Waals surface area contributed by atoms with Crippen molar-refractivity contribution in [1.82, 2.24) is 20.4 Å². The van der Waals surface area contributed by atoms with E-state index in [9.17, 15) is 14.7 Å². The van der Waals surface area contributed by atoms with Crippen molar-refractivity contribution in [3.63, 3.8) is 0 Å². The summed E-state index contributed by atoms with van der Waals surface area (Å²) in [5.74, 6) is 0.795. The zero-order valence-corrected chi connectivity index (χ0v) is 17.1. The minimum atomic E-state index is -0.844. The topological polar surface area (TPSA) is 106 Å². The van der Waals surface area contributed by atoms with Crippen LogP contribution in [0.25, 0.3) is 0 Å². The average Bonchev–Trinajstić information content (AvgIpc) is 3.08. The maximum Gasteiger partial charge on any atom is 0.325 e. The molecule has 2 heterocycles. The molecule has 1 aromatic rings. The first-order valence-electron chi connectivity index (χ1n) is 9.99. The van der Waals surface area contributed by atoms with Gasteiger partial charge in [-0.1, -0.05) is 26.0 Å². The minimum Gasteiger partial charge on any atom is -0.491 e. The average molecular weight is 403 g/mol. The van der Waals surface area contributed by atoms with E-state index in [0.29, 0.717) is 18.3 Å². The van der Waals surface area contributed by atoms with E-state index in [4.69, 9.17) is 4.74 Å². The van der Waals surface area contributed by atoms with Crippen LogP contribution in [0.3, 0.4) is 0 Å². The number of nitrogens with zero attached hydrogens (tertiary/aromatic N) is 3. The van der Waals surface area contributed by atoms with Crippen molar-refractivity contribution in [1.29, 1.82) is 0 Å². The number of urea groups is 1. The number of hydrogen-bond donors (Lipinski definition) is 3. The van der Waals surface area contributed by atoms with E-state index < -0.39 is 30.2 Å². The minimum absolute atomic E-state index is 0.0818. The quantitative estimate of drug-likeness (QED) is 0.585. The number of nitrogens with one attached hydrogen (secondary N) is 2. The second-order valence-corrected chi connectivity index (χ2v) is 7.26. The predicted octanol–water partition coefficient (Wildman–Crippen LogP) is 0.536. The van der Waals surface area contributed by atoms with Crippen LogP contribution in [0.4, 0.5) is 4.79 Å². The van der Waals surface area contributed by atoms with Crippen LogP contribution in [-0.2, 0) is 11.2 Å². The molecule has 3 atom stereocenters. The normalized spacial score (nSPS) is 23.7. The van der Waals surface area contributed by atoms with Gasteiger partial charge in [0.15, 0.2) is 12.0 Å². The molecular weight excluding hydrogens is 374 g/mol. The molecule has 3 unspecified atom stereocenters. The summed E-state index contributed by atoms with van der Waals surface area (Å²) >= 11 is 0. The van der Waals surface area contributed by atoms with E-state index in [-0.39, 0.29) is 13.2 Å². The van der Waals surface area contributed by atoms with E-state index in [1.807, 2.05) is 31.2 Å². The van der Waals surface area contributed by atoms with Crippen molar-refractivity contribution in [2.45, 2.75) is 45.0 Å². The summed E-state index contributed by atoms with van der Waals surface area (Å²) in [5, 5.41) is 16.1. The van der Waals surface area contributed by atoms with Gasteiger partial charge < -0.3 is 25.0 Å². The Morgan fingerprint density at radius 3 is 2.83 bits per heavy atom. The molecule has 29 heavy (non-hydrogen) atoms. The SMILES string of the molecule is CCCN=C1NC2C(C(=O)NC(=O)N2C)N1CC(O)COc1cccc(CC)c1. The molecule has 2 aliphatic heterocycles. The summed E-state index contributed by atoms with van der Waals surface area (Å²) in [6.07, 6.45) is 0.375. The molecule has 1 aromatic carbocycles. The number of ether oxygens (including phenoxy) is 1. The van der Waals surface area contributed by atoms with Gasteiger partial charge in [-0.3, -0.25) is 15.1 Å². The summed E-state index contributed by atoms with van der Waals surface area (Å²) in [6.45, 7) is 4.89. The number of hydrogen-bond acceptors (Lipinski definition) is 5. The highest BCUT2D eigenvalue weighted by atomic mass is 16.5. The van der Waals surface area contributed by atoms with E-state index >= 15 is 0 Å². The Morgan fingerprint density at radius 2 is 2.10 bits per heavy atom. The standard InChI is InChI=1S/C20H29N5O4/c1-4-9-21-19-22-17-16(18(27)23-20(28)24(17)3)25(19)11-14(26)12-29-15-8-6-7-13(5-2)10-15/h6-8,10,14,16-17,26H,4-5,9,11-12H2,1-3H3,(H,21,22)(H,23,27,28). The number of amides is 3. The van der Waals surface area contributed by atoms with Gasteiger partial charge in [-0.05, 0) is 30.5 Å². The number of likely N-dealkylation sites (N-methyl/N-ethyl adjacent to an activating group) is 1. The summed E-state index contributed by atoms with van der Waals surface area (Å²) in [6, 6.07) is 6.62. The van der Waals surface area contributed by atoms with Crippen molar-refractivity contribution in [3.05, 3.63) is 29.8 Å². The van der Waals surface area contributed by atoms with Crippen LogP contribution in [0.1, 0.15) is 25.8 Å². The van der Waals surface area contributed by atoms with Gasteiger partial charge in [0.05, 0.1) is 6.54 Å². The molecule has 0 bridgehead atoms. The lowest BCUT2D eigenvalue weighted by molar-refractivity contribution is -0.127. The molecular formula is C20H29N5O4. The number of aliphatic hydroxyl groups excluding tert-OH is 1. The Hall–Kier alpha value is -2.81. The number of benzene rings is 1. The molecule has 0 aliphatic carbocycles. The first kappa shape index (κ1) is 20.9. The van der Waals surface area contributed by atoms with Crippen LogP contribution in [-0.4, -0.2) is 77.9 Å². The van der Waals surface area contributed by atoms with Crippen molar-refractivity contribution in [2.24, 2.45) is 4.99 Å². The molecule has 2 fully saturated rings. The molecule has 3 rings (SSSR count). The van der Waals surface area contributed by atoms with E-state index in [1.54, 1.807) is 11.9 Å². The summed E-state index contributed by atoms with van der Waals surface area (Å²) in [4.78, 5) is 32.1. The zero-order valence-electron chi connectivity index (χ0n) is 17.1. The molecule has 0 aromatic heterocycles. The third-order valence-electron chi connectivity index (χ3n) is 5.06. The Labute approximate surface area is 170 Å². The highest BCUT2D eigenvalue weighted by molar-refractivity contribution is 6.04. The van der Waals surface area contributed by atoms with Crippen molar-refractivity contribution in [2.75, 3.05) is 26.7 Å². The zero-order chi connectivity index (χ0) is 21.0. The van der Waals surface area contributed by atoms with Gasteiger partial charge in [0.1, 0.15) is 24.6 Å². The number of aliphatic hydroxyl groups is 1. The molecule has 158 valence electrons. The number of carbonyl (C=O) groups excluding carboxylic acids is 2. The van der Waals surface area contributed by atoms with E-state index in [1.165, 1.54) is 4.90 Å². The number of imide groups is 1. The van der Waals surface area contributed by atoms with Gasteiger partial charge in [-0.25, -0.2) is 4.79 Å². The number of rotatable bonds is 8. The van der Waals surface area contributed by atoms with E-state index in [0.717, 1.165) is 18.4 Å². The molecule has 0 saturated carbocycles. The fourth-order valence-corrected chi connectivity index (χ4v) is 3.47. The lowest BCUT2D eigenvalue weighted by atomic mass is 10.1. The number of fused-ring (bicyclic) bond motifs is 1. The lowest BCUT2D eigenvalue weighted by Gasteiger charge is -2.35. The highest BCUT2D eigenvalue weighted by Crippen LogP contribution is 2.21. The first-order valence-corrected chi connectivity index (χ1v) is 9.99. The smallest absolute Gasteiger partial charge is 0.325 e. The Bertz CT molecular complexity index is 784. The Morgan fingerprint density at radius 1 is 1.31 bits per heavy atom. The van der Waals surface area contributed by atoms with Crippen LogP contribution in [0.5, 0.6) is 5.75 Å². The number of carbonyl (C=O) groups is 2. The van der Waals surface area contributed by atoms with Gasteiger partial charge in [0.25, 0.3) is 5.91 Å². The third-order valence-corrected chi connectivity index (χ3v) is 5.06.